The van der Waals surface area contributed by atoms with Crippen molar-refractivity contribution in [1.29, 1.82) is 0 Å². The molecule has 0 aliphatic heterocycles. The van der Waals surface area contributed by atoms with Crippen molar-refractivity contribution in [3.63, 3.8) is 0 Å². The van der Waals surface area contributed by atoms with Crippen LogP contribution in [0.2, 0.25) is 19.6 Å². The summed E-state index contributed by atoms with van der Waals surface area (Å²) in [6.07, 6.45) is 1.17. The Hall–Kier alpha value is 0.137. The van der Waals surface area contributed by atoms with Gasteiger partial charge in [0.1, 0.15) is 0 Å². The van der Waals surface area contributed by atoms with Gasteiger partial charge in [-0.15, -0.1) is 0 Å². The molecule has 0 heterocycles. The average Bonchev–Trinajstić information content (AvgIpc) is 1.59. The summed E-state index contributed by atoms with van der Waals surface area (Å²) in [5.74, 6) is 0. The van der Waals surface area contributed by atoms with E-state index < -0.39 is 8.07 Å². The Morgan fingerprint density at radius 1 is 1.30 bits per heavy atom. The first kappa shape index (κ1) is 10.1. The maximum absolute atomic E-state index is 8.61. The van der Waals surface area contributed by atoms with Crippen LogP contribution < -0.4 is 0 Å². The number of hydrogen-bond acceptors (Lipinski definition) is 2. The average molecular weight is 161 g/mol. The molecule has 0 bridgehead atoms. The molecule has 62 valence electrons. The van der Waals surface area contributed by atoms with Gasteiger partial charge in [-0.1, -0.05) is 19.6 Å². The van der Waals surface area contributed by atoms with Crippen molar-refractivity contribution in [3.8, 4) is 0 Å². The third-order valence-electron chi connectivity index (χ3n) is 1.23. The van der Waals surface area contributed by atoms with Crippen molar-refractivity contribution < 1.29 is 5.11 Å². The molecule has 0 aromatic heterocycles. The predicted molar refractivity (Wildman–Crippen MR) is 47.9 cm³/mol. The lowest BCUT2D eigenvalue weighted by Crippen LogP contribution is -2.39. The van der Waals surface area contributed by atoms with Gasteiger partial charge in [0.2, 0.25) is 0 Å². The molecule has 2 nitrogen and oxygen atoms in total. The van der Waals surface area contributed by atoms with Gasteiger partial charge in [0.25, 0.3) is 0 Å². The number of hydrogen-bond donors (Lipinski definition) is 1. The van der Waals surface area contributed by atoms with E-state index in [0.717, 1.165) is 6.54 Å². The summed E-state index contributed by atoms with van der Waals surface area (Å²) in [4.78, 5) is 2.20. The number of likely N-dealkylation sites (N-methyl/N-ethyl adjacent to an activating group) is 1. The van der Waals surface area contributed by atoms with Crippen molar-refractivity contribution in [2.75, 3.05) is 26.4 Å². The van der Waals surface area contributed by atoms with Crippen LogP contribution in [0.1, 0.15) is 0 Å². The molecule has 3 heteroatoms. The largest absolute Gasteiger partial charge is 0.395 e. The van der Waals surface area contributed by atoms with Crippen LogP contribution in [0.25, 0.3) is 0 Å². The molecular formula is C7H19NOSi. The molecule has 0 aliphatic rings. The van der Waals surface area contributed by atoms with Crippen LogP contribution in [0.3, 0.4) is 0 Å². The van der Waals surface area contributed by atoms with E-state index in [0.29, 0.717) is 0 Å². The van der Waals surface area contributed by atoms with Crippen LogP contribution in [0.15, 0.2) is 0 Å². The summed E-state index contributed by atoms with van der Waals surface area (Å²) in [5.41, 5.74) is 0. The van der Waals surface area contributed by atoms with Crippen LogP contribution in [0, 0.1) is 0 Å². The molecule has 0 rings (SSSR count). The van der Waals surface area contributed by atoms with Gasteiger partial charge in [0, 0.05) is 6.54 Å². The molecule has 0 fully saturated rings. The highest BCUT2D eigenvalue weighted by Crippen LogP contribution is 2.01. The zero-order valence-electron chi connectivity index (χ0n) is 7.52. The highest BCUT2D eigenvalue weighted by Gasteiger charge is 2.14. The van der Waals surface area contributed by atoms with Gasteiger partial charge >= 0.3 is 0 Å². The van der Waals surface area contributed by atoms with Crippen LogP contribution in [-0.2, 0) is 0 Å². The van der Waals surface area contributed by atoms with Crippen molar-refractivity contribution >= 4 is 8.07 Å². The monoisotopic (exact) mass is 161 g/mol. The molecule has 0 amide bonds. The molecule has 0 radical (unpaired) electrons. The fraction of sp³-hybridized carbons (Fsp3) is 1.00. The molecule has 0 spiro atoms. The van der Waals surface area contributed by atoms with Gasteiger partial charge in [-0.3, -0.25) is 0 Å². The lowest BCUT2D eigenvalue weighted by molar-refractivity contribution is 0.236. The van der Waals surface area contributed by atoms with Gasteiger partial charge in [-0.05, 0) is 13.2 Å². The fourth-order valence-corrected chi connectivity index (χ4v) is 2.84. The number of aliphatic hydroxyl groups excluding tert-OH is 1. The van der Waals surface area contributed by atoms with Crippen molar-refractivity contribution in [2.24, 2.45) is 0 Å². The molecule has 0 saturated heterocycles. The standard InChI is InChI=1S/C7H19NOSi/c1-8(5-6-9)7-10(2,3)4/h9H,5-7H2,1-4H3. The first-order chi connectivity index (χ1) is 4.45. The molecule has 0 saturated carbocycles. The van der Waals surface area contributed by atoms with Crippen molar-refractivity contribution in [2.45, 2.75) is 19.6 Å². The highest BCUT2D eigenvalue weighted by molar-refractivity contribution is 6.76. The first-order valence-electron chi connectivity index (χ1n) is 3.75. The van der Waals surface area contributed by atoms with E-state index in [9.17, 15) is 0 Å². The van der Waals surface area contributed by atoms with Crippen LogP contribution >= 0.6 is 0 Å². The Morgan fingerprint density at radius 3 is 2.10 bits per heavy atom. The van der Waals surface area contributed by atoms with Crippen molar-refractivity contribution in [1.82, 2.24) is 4.90 Å². The summed E-state index contributed by atoms with van der Waals surface area (Å²) in [5, 5.41) is 8.61. The van der Waals surface area contributed by atoms with Gasteiger partial charge in [-0.25, -0.2) is 0 Å². The number of rotatable bonds is 4. The zero-order valence-corrected chi connectivity index (χ0v) is 8.52. The minimum absolute atomic E-state index is 0.279. The summed E-state index contributed by atoms with van der Waals surface area (Å²) in [6, 6.07) is 0. The third kappa shape index (κ3) is 6.26. The lowest BCUT2D eigenvalue weighted by Gasteiger charge is -2.23. The Kier molecular flexibility index (Phi) is 4.16. The molecule has 0 aliphatic carbocycles. The maximum atomic E-state index is 8.61. The van der Waals surface area contributed by atoms with Gasteiger partial charge in [0.05, 0.1) is 14.7 Å². The first-order valence-corrected chi connectivity index (χ1v) is 7.46. The predicted octanol–water partition coefficient (Wildman–Crippen LogP) is 0.788. The summed E-state index contributed by atoms with van der Waals surface area (Å²) in [6.45, 7) is 8.09. The molecule has 10 heavy (non-hydrogen) atoms. The summed E-state index contributed by atoms with van der Waals surface area (Å²) < 4.78 is 0. The zero-order chi connectivity index (χ0) is 8.20. The molecule has 1 N–H and O–H groups in total. The number of aliphatic hydroxyl groups is 1. The SMILES string of the molecule is CN(CCO)C[Si](C)(C)C. The topological polar surface area (TPSA) is 23.5 Å². The third-order valence-corrected chi connectivity index (χ3v) is 2.71. The van der Waals surface area contributed by atoms with E-state index in [1.54, 1.807) is 0 Å². The van der Waals surface area contributed by atoms with E-state index in [2.05, 4.69) is 31.6 Å². The van der Waals surface area contributed by atoms with E-state index >= 15 is 0 Å². The molecule has 0 aromatic rings. The Morgan fingerprint density at radius 2 is 1.80 bits per heavy atom. The lowest BCUT2D eigenvalue weighted by atomic mass is 10.6. The minimum atomic E-state index is -0.943. The fourth-order valence-electron chi connectivity index (χ4n) is 1.06. The van der Waals surface area contributed by atoms with Gasteiger partial charge in [0.15, 0.2) is 0 Å². The van der Waals surface area contributed by atoms with E-state index in [1.165, 1.54) is 6.17 Å². The van der Waals surface area contributed by atoms with E-state index in [4.69, 9.17) is 5.11 Å². The Labute approximate surface area is 64.9 Å². The second-order valence-corrected chi connectivity index (χ2v) is 9.46. The van der Waals surface area contributed by atoms with E-state index in [1.807, 2.05) is 0 Å². The minimum Gasteiger partial charge on any atom is -0.395 e. The number of nitrogens with zero attached hydrogens (tertiary/aromatic N) is 1. The Bertz CT molecular complexity index is 90.1. The second kappa shape index (κ2) is 4.11. The summed E-state index contributed by atoms with van der Waals surface area (Å²) >= 11 is 0. The molecule has 0 unspecified atom stereocenters. The summed E-state index contributed by atoms with van der Waals surface area (Å²) in [7, 11) is 1.12. The van der Waals surface area contributed by atoms with Gasteiger partial charge < -0.3 is 10.0 Å². The van der Waals surface area contributed by atoms with Crippen LogP contribution in [0.4, 0.5) is 0 Å². The second-order valence-electron chi connectivity index (χ2n) is 4.02. The molecule has 0 atom stereocenters. The highest BCUT2D eigenvalue weighted by atomic mass is 28.3. The Balaban J connectivity index is 3.47. The smallest absolute Gasteiger partial charge is 0.0599 e. The maximum Gasteiger partial charge on any atom is 0.0599 e. The van der Waals surface area contributed by atoms with Crippen LogP contribution in [0.5, 0.6) is 0 Å². The normalized spacial score (nSPS) is 12.6. The molecular weight excluding hydrogens is 142 g/mol. The van der Waals surface area contributed by atoms with E-state index in [-0.39, 0.29) is 6.61 Å². The molecule has 0 aromatic carbocycles. The quantitative estimate of drug-likeness (QED) is 0.616. The van der Waals surface area contributed by atoms with Crippen LogP contribution in [-0.4, -0.2) is 44.4 Å². The van der Waals surface area contributed by atoms with Gasteiger partial charge in [-0.2, -0.15) is 0 Å². The van der Waals surface area contributed by atoms with Crippen molar-refractivity contribution in [3.05, 3.63) is 0 Å².